The van der Waals surface area contributed by atoms with Crippen LogP contribution in [0.15, 0.2) is 24.3 Å². The van der Waals surface area contributed by atoms with Crippen LogP contribution in [0.2, 0.25) is 0 Å². The van der Waals surface area contributed by atoms with Crippen molar-refractivity contribution in [1.29, 1.82) is 0 Å². The molecule has 21 heavy (non-hydrogen) atoms. The van der Waals surface area contributed by atoms with Gasteiger partial charge in [0.25, 0.3) is 0 Å². The summed E-state index contributed by atoms with van der Waals surface area (Å²) < 4.78 is 0. The van der Waals surface area contributed by atoms with Gasteiger partial charge >= 0.3 is 0 Å². The minimum absolute atomic E-state index is 0.134. The summed E-state index contributed by atoms with van der Waals surface area (Å²) in [5.74, 6) is 0.134. The predicted octanol–water partition coefficient (Wildman–Crippen LogP) is 2.03. The van der Waals surface area contributed by atoms with Crippen molar-refractivity contribution in [1.82, 2.24) is 10.2 Å². The van der Waals surface area contributed by atoms with Crippen LogP contribution in [0.25, 0.3) is 0 Å². The maximum atomic E-state index is 12.1. The molecule has 0 saturated heterocycles. The molecule has 1 aliphatic carbocycles. The fraction of sp³-hybridized carbons (Fsp3) is 0.588. The third kappa shape index (κ3) is 5.14. The van der Waals surface area contributed by atoms with Crippen molar-refractivity contribution in [3.63, 3.8) is 0 Å². The molecule has 0 spiro atoms. The van der Waals surface area contributed by atoms with E-state index in [9.17, 15) is 4.79 Å². The molecule has 0 heterocycles. The minimum atomic E-state index is 0.134. The van der Waals surface area contributed by atoms with Crippen molar-refractivity contribution in [2.24, 2.45) is 5.73 Å². The van der Waals surface area contributed by atoms with Gasteiger partial charge in [0, 0.05) is 19.1 Å². The van der Waals surface area contributed by atoms with Crippen LogP contribution in [0.4, 0.5) is 0 Å². The zero-order chi connectivity index (χ0) is 15.1. The Morgan fingerprint density at radius 2 is 1.90 bits per heavy atom. The van der Waals surface area contributed by atoms with E-state index in [1.54, 1.807) is 0 Å². The maximum Gasteiger partial charge on any atom is 0.234 e. The molecule has 0 radical (unpaired) electrons. The van der Waals surface area contributed by atoms with Gasteiger partial charge in [0.15, 0.2) is 0 Å². The highest BCUT2D eigenvalue weighted by Gasteiger charge is 2.16. The molecule has 1 fully saturated rings. The molecule has 4 nitrogen and oxygen atoms in total. The van der Waals surface area contributed by atoms with E-state index in [4.69, 9.17) is 5.73 Å². The number of carbonyl (C=O) groups is 1. The van der Waals surface area contributed by atoms with Gasteiger partial charge in [-0.05, 0) is 31.0 Å². The molecular weight excluding hydrogens is 262 g/mol. The number of rotatable bonds is 6. The van der Waals surface area contributed by atoms with E-state index < -0.39 is 0 Å². The fourth-order valence-electron chi connectivity index (χ4n) is 3.02. The summed E-state index contributed by atoms with van der Waals surface area (Å²) in [5, 5.41) is 3.16. The lowest BCUT2D eigenvalue weighted by Crippen LogP contribution is -2.41. The lowest BCUT2D eigenvalue weighted by atomic mass is 9.95. The molecule has 2 rings (SSSR count). The molecule has 0 atom stereocenters. The standard InChI is InChI=1S/C17H27N3O/c1-20(12-15-8-6-5-7-14(15)11-18)13-17(21)19-16-9-3-2-4-10-16/h5-8,16H,2-4,9-13,18H2,1H3,(H,19,21). The first-order valence-corrected chi connectivity index (χ1v) is 7.94. The molecule has 3 N–H and O–H groups in total. The Hall–Kier alpha value is -1.39. The molecule has 1 amide bonds. The number of nitrogens with one attached hydrogen (secondary N) is 1. The van der Waals surface area contributed by atoms with Crippen LogP contribution in [-0.4, -0.2) is 30.4 Å². The molecule has 1 saturated carbocycles. The maximum absolute atomic E-state index is 12.1. The number of nitrogens with zero attached hydrogens (tertiary/aromatic N) is 1. The summed E-state index contributed by atoms with van der Waals surface area (Å²) in [4.78, 5) is 14.1. The first kappa shape index (κ1) is 16.0. The highest BCUT2D eigenvalue weighted by molar-refractivity contribution is 5.78. The topological polar surface area (TPSA) is 58.4 Å². The van der Waals surface area contributed by atoms with E-state index in [0.717, 1.165) is 24.9 Å². The average molecular weight is 289 g/mol. The van der Waals surface area contributed by atoms with Crippen molar-refractivity contribution in [3.05, 3.63) is 35.4 Å². The number of carbonyl (C=O) groups excluding carboxylic acids is 1. The monoisotopic (exact) mass is 289 g/mol. The van der Waals surface area contributed by atoms with Crippen LogP contribution in [0.1, 0.15) is 43.2 Å². The van der Waals surface area contributed by atoms with Crippen LogP contribution in [0, 0.1) is 0 Å². The Labute approximate surface area is 127 Å². The molecule has 0 bridgehead atoms. The Bertz CT molecular complexity index is 455. The SMILES string of the molecule is CN(CC(=O)NC1CCCCC1)Cc1ccccc1CN. The van der Waals surface area contributed by atoms with E-state index in [2.05, 4.69) is 11.4 Å². The fourth-order valence-corrected chi connectivity index (χ4v) is 3.02. The molecule has 116 valence electrons. The molecule has 1 aliphatic rings. The molecule has 0 aliphatic heterocycles. The lowest BCUT2D eigenvalue weighted by molar-refractivity contribution is -0.123. The van der Waals surface area contributed by atoms with Crippen LogP contribution in [0.3, 0.4) is 0 Å². The quantitative estimate of drug-likeness (QED) is 0.842. The predicted molar refractivity (Wildman–Crippen MR) is 85.7 cm³/mol. The van der Waals surface area contributed by atoms with Gasteiger partial charge in [-0.15, -0.1) is 0 Å². The van der Waals surface area contributed by atoms with E-state index in [-0.39, 0.29) is 5.91 Å². The summed E-state index contributed by atoms with van der Waals surface area (Å²) in [7, 11) is 1.98. The Morgan fingerprint density at radius 1 is 1.24 bits per heavy atom. The summed E-state index contributed by atoms with van der Waals surface area (Å²) >= 11 is 0. The van der Waals surface area contributed by atoms with Gasteiger partial charge in [-0.2, -0.15) is 0 Å². The van der Waals surface area contributed by atoms with Crippen LogP contribution >= 0.6 is 0 Å². The number of hydrogen-bond acceptors (Lipinski definition) is 3. The largest absolute Gasteiger partial charge is 0.352 e. The van der Waals surface area contributed by atoms with Crippen molar-refractivity contribution in [2.45, 2.75) is 51.2 Å². The number of benzene rings is 1. The average Bonchev–Trinajstić information content (AvgIpc) is 2.48. The summed E-state index contributed by atoms with van der Waals surface area (Å²) in [6.07, 6.45) is 6.05. The third-order valence-corrected chi connectivity index (χ3v) is 4.16. The van der Waals surface area contributed by atoms with Crippen molar-refractivity contribution < 1.29 is 4.79 Å². The minimum Gasteiger partial charge on any atom is -0.352 e. The van der Waals surface area contributed by atoms with Crippen molar-refractivity contribution in [3.8, 4) is 0 Å². The normalized spacial score (nSPS) is 16.1. The van der Waals surface area contributed by atoms with Gasteiger partial charge in [0.1, 0.15) is 0 Å². The van der Waals surface area contributed by atoms with Gasteiger partial charge < -0.3 is 11.1 Å². The smallest absolute Gasteiger partial charge is 0.234 e. The number of hydrogen-bond donors (Lipinski definition) is 2. The summed E-state index contributed by atoms with van der Waals surface area (Å²) in [6, 6.07) is 8.53. The van der Waals surface area contributed by atoms with Gasteiger partial charge in [0.05, 0.1) is 6.54 Å². The highest BCUT2D eigenvalue weighted by atomic mass is 16.2. The lowest BCUT2D eigenvalue weighted by Gasteiger charge is -2.24. The first-order valence-electron chi connectivity index (χ1n) is 7.94. The molecule has 4 heteroatoms. The first-order chi connectivity index (χ1) is 10.2. The van der Waals surface area contributed by atoms with Gasteiger partial charge in [0.2, 0.25) is 5.91 Å². The van der Waals surface area contributed by atoms with Crippen molar-refractivity contribution in [2.75, 3.05) is 13.6 Å². The molecule has 0 unspecified atom stereocenters. The third-order valence-electron chi connectivity index (χ3n) is 4.16. The van der Waals surface area contributed by atoms with Crippen LogP contribution in [-0.2, 0) is 17.9 Å². The highest BCUT2D eigenvalue weighted by Crippen LogP contribution is 2.17. The number of nitrogens with two attached hydrogens (primary N) is 1. The summed E-state index contributed by atoms with van der Waals surface area (Å²) in [5.41, 5.74) is 8.11. The second-order valence-electron chi connectivity index (χ2n) is 6.05. The van der Waals surface area contributed by atoms with Crippen LogP contribution < -0.4 is 11.1 Å². The number of likely N-dealkylation sites (N-methyl/N-ethyl adjacent to an activating group) is 1. The second-order valence-corrected chi connectivity index (χ2v) is 6.05. The molecule has 1 aromatic rings. The second kappa shape index (κ2) is 8.15. The number of amides is 1. The Balaban J connectivity index is 1.80. The van der Waals surface area contributed by atoms with E-state index in [0.29, 0.717) is 19.1 Å². The molecule has 0 aromatic heterocycles. The van der Waals surface area contributed by atoms with Crippen molar-refractivity contribution >= 4 is 5.91 Å². The van der Waals surface area contributed by atoms with Gasteiger partial charge in [-0.25, -0.2) is 0 Å². The summed E-state index contributed by atoms with van der Waals surface area (Å²) in [6.45, 7) is 1.74. The van der Waals surface area contributed by atoms with E-state index >= 15 is 0 Å². The Morgan fingerprint density at radius 3 is 2.57 bits per heavy atom. The van der Waals surface area contributed by atoms with Gasteiger partial charge in [-0.3, -0.25) is 9.69 Å². The zero-order valence-electron chi connectivity index (χ0n) is 13.0. The van der Waals surface area contributed by atoms with Gasteiger partial charge in [-0.1, -0.05) is 43.5 Å². The van der Waals surface area contributed by atoms with E-state index in [1.807, 2.05) is 30.1 Å². The molecule has 1 aromatic carbocycles. The molecular formula is C17H27N3O. The Kier molecular flexibility index (Phi) is 6.21. The van der Waals surface area contributed by atoms with Crippen LogP contribution in [0.5, 0.6) is 0 Å². The van der Waals surface area contributed by atoms with E-state index in [1.165, 1.54) is 24.8 Å². The zero-order valence-corrected chi connectivity index (χ0v) is 13.0.